The van der Waals surface area contributed by atoms with E-state index in [9.17, 15) is 0 Å². The van der Waals surface area contributed by atoms with Crippen LogP contribution in [0.2, 0.25) is 0 Å². The molecule has 0 amide bonds. The summed E-state index contributed by atoms with van der Waals surface area (Å²) in [6, 6.07) is 150. The zero-order valence-corrected chi connectivity index (χ0v) is 63.0. The zero-order valence-electron chi connectivity index (χ0n) is 63.0. The molecule has 0 N–H and O–H groups in total. The first-order valence-electron chi connectivity index (χ1n) is 39.6. The van der Waals surface area contributed by atoms with Gasteiger partial charge in [0.1, 0.15) is 5.82 Å². The highest BCUT2D eigenvalue weighted by molar-refractivity contribution is 6.28. The molecule has 0 unspecified atom stereocenters. The Bertz CT molecular complexity index is 7720. The maximum Gasteiger partial charge on any atom is 0.235 e. The van der Waals surface area contributed by atoms with Crippen LogP contribution in [0.5, 0.6) is 0 Å². The Labute approximate surface area is 668 Å². The maximum absolute atomic E-state index is 5.53. The quantitative estimate of drug-likeness (QED) is 0.115. The van der Waals surface area contributed by atoms with Gasteiger partial charge in [-0.15, -0.1) is 0 Å². The first-order valence-corrected chi connectivity index (χ1v) is 39.6. The van der Waals surface area contributed by atoms with Crippen molar-refractivity contribution in [3.8, 4) is 113 Å². The molecule has 0 atom stereocenters. The van der Waals surface area contributed by atoms with E-state index in [0.29, 0.717) is 5.95 Å². The van der Waals surface area contributed by atoms with Gasteiger partial charge in [-0.3, -0.25) is 9.13 Å². The molecule has 0 aliphatic heterocycles. The molecule has 6 aromatic heterocycles. The number of hydrogen-bond donors (Lipinski definition) is 0. The molecule has 24 rings (SSSR count). The third-order valence-corrected chi connectivity index (χ3v) is 23.6. The zero-order chi connectivity index (χ0) is 76.3. The van der Waals surface area contributed by atoms with Crippen molar-refractivity contribution in [3.05, 3.63) is 419 Å². The molecule has 24 aromatic rings. The molecule has 116 heavy (non-hydrogen) atoms. The smallest absolute Gasteiger partial charge is 0.235 e. The van der Waals surface area contributed by atoms with Crippen molar-refractivity contribution in [1.29, 1.82) is 0 Å². The fourth-order valence-corrected chi connectivity index (χ4v) is 18.3. The topological polar surface area (TPSA) is 58.4 Å². The number of para-hydroxylation sites is 4. The highest BCUT2D eigenvalue weighted by Gasteiger charge is 2.26. The van der Waals surface area contributed by atoms with Crippen molar-refractivity contribution < 1.29 is 0 Å². The first kappa shape index (κ1) is 66.2. The van der Waals surface area contributed by atoms with E-state index in [1.54, 1.807) is 0 Å². The fraction of sp³-hybridized carbons (Fsp3) is 0. The summed E-state index contributed by atoms with van der Waals surface area (Å²) in [5.41, 5.74) is 29.4. The summed E-state index contributed by atoms with van der Waals surface area (Å²) < 4.78 is 9.39. The lowest BCUT2D eigenvalue weighted by Gasteiger charge is -2.14. The van der Waals surface area contributed by atoms with Crippen LogP contribution >= 0.6 is 0 Å². The molecular weight excluding hydrogens is 1410 g/mol. The average molecular weight is 1480 g/mol. The average Bonchev–Trinajstić information content (AvgIpc) is 1.61. The molecule has 0 saturated carbocycles. The summed E-state index contributed by atoms with van der Waals surface area (Å²) in [4.78, 5) is 16.0. The van der Waals surface area contributed by atoms with E-state index in [-0.39, 0.29) is 0 Å². The van der Waals surface area contributed by atoms with Crippen molar-refractivity contribution in [2.75, 3.05) is 0 Å². The van der Waals surface area contributed by atoms with Crippen LogP contribution < -0.4 is 0 Å². The minimum atomic E-state index is 0.660. The predicted molar refractivity (Wildman–Crippen MR) is 484 cm³/mol. The molecule has 0 bridgehead atoms. The van der Waals surface area contributed by atoms with Gasteiger partial charge in [-0.2, -0.15) is 0 Å². The molecule has 0 aliphatic carbocycles. The minimum Gasteiger partial charge on any atom is -0.309 e. The van der Waals surface area contributed by atoms with Gasteiger partial charge in [0.05, 0.1) is 61.2 Å². The van der Waals surface area contributed by atoms with Crippen LogP contribution in [0.15, 0.2) is 419 Å². The molecule has 7 heteroatoms. The SMILES string of the molecule is c1ccc(-c2cc(-c3ccccc3)nc(-n3c4cccc5ccc6c(-c7ccc8c(c7)c7ccccc7n8-c7ccccc7)ccc3c6c54)n2)cc1.c1ccc(-c2ccc(-c3cc(-c4ccc(-c5ccccc5)cc4)nc(-n4c5cccc6ccc7c(-c8ccc9c(c8)c8ccccc8n9-c8ccccc8)ccc4c7c65)c3)cc2)cc1. The van der Waals surface area contributed by atoms with Gasteiger partial charge in [0.2, 0.25) is 5.95 Å². The molecule has 18 aromatic carbocycles. The van der Waals surface area contributed by atoms with Gasteiger partial charge in [0.15, 0.2) is 0 Å². The molecule has 7 nitrogen and oxygen atoms in total. The number of benzene rings is 18. The van der Waals surface area contributed by atoms with Crippen molar-refractivity contribution in [2.45, 2.75) is 0 Å². The molecule has 0 radical (unpaired) electrons. The van der Waals surface area contributed by atoms with E-state index in [1.165, 1.54) is 131 Å². The normalized spacial score (nSPS) is 11.8. The number of hydrogen-bond acceptors (Lipinski definition) is 3. The van der Waals surface area contributed by atoms with Gasteiger partial charge < -0.3 is 9.13 Å². The van der Waals surface area contributed by atoms with E-state index >= 15 is 0 Å². The van der Waals surface area contributed by atoms with Crippen molar-refractivity contribution >= 4 is 109 Å². The van der Waals surface area contributed by atoms with Crippen LogP contribution in [0.25, 0.3) is 221 Å². The Morgan fingerprint density at radius 2 is 0.500 bits per heavy atom. The van der Waals surface area contributed by atoms with E-state index in [4.69, 9.17) is 15.0 Å². The van der Waals surface area contributed by atoms with E-state index in [2.05, 4.69) is 425 Å². The number of rotatable bonds is 12. The standard InChI is InChI=1S/C61H39N3.C48H30N4/c1-4-13-40(14-5-1)42-23-25-44(26-24-42)48-38-54(45-29-27-43(28-30-45)41-15-6-2-7-16-41)62-59(39-48)64-57-22-12-17-46-31-33-52-50(34-36-58(64)61(52)60(46)57)47-32-35-56-53(37-47)51-20-10-11-21-55(51)63(56)49-18-8-3-9-19-49;1-4-13-31(14-5-1)40-30-41(32-15-6-2-7-16-32)50-48(49-40)52-44-22-12-17-33-23-25-38-36(26-28-45(52)47(38)46(33)44)34-24-27-43-39(29-34)37-20-10-11-21-42(37)51(43)35-18-8-3-9-19-35/h1-39H;1-30H. The number of nitrogens with zero attached hydrogens (tertiary/aromatic N) is 7. The first-order chi connectivity index (χ1) is 57.5. The molecular formula is C109H69N7. The van der Waals surface area contributed by atoms with Crippen LogP contribution in [-0.4, -0.2) is 33.2 Å². The summed E-state index contributed by atoms with van der Waals surface area (Å²) >= 11 is 0. The molecule has 0 saturated heterocycles. The third-order valence-electron chi connectivity index (χ3n) is 23.6. The maximum atomic E-state index is 5.53. The van der Waals surface area contributed by atoms with Crippen molar-refractivity contribution in [3.63, 3.8) is 0 Å². The van der Waals surface area contributed by atoms with Crippen molar-refractivity contribution in [1.82, 2.24) is 33.2 Å². The van der Waals surface area contributed by atoms with Gasteiger partial charge in [0, 0.05) is 71.2 Å². The van der Waals surface area contributed by atoms with Crippen LogP contribution in [0.3, 0.4) is 0 Å². The van der Waals surface area contributed by atoms with E-state index in [1.807, 2.05) is 12.1 Å². The van der Waals surface area contributed by atoms with Crippen LogP contribution in [0, 0.1) is 0 Å². The Kier molecular flexibility index (Phi) is 15.5. The molecule has 0 fully saturated rings. The van der Waals surface area contributed by atoms with Crippen LogP contribution in [0.4, 0.5) is 0 Å². The second-order valence-electron chi connectivity index (χ2n) is 30.2. The second-order valence-corrected chi connectivity index (χ2v) is 30.2. The fourth-order valence-electron chi connectivity index (χ4n) is 18.3. The highest BCUT2D eigenvalue weighted by atomic mass is 15.2. The highest BCUT2D eigenvalue weighted by Crippen LogP contribution is 2.48. The van der Waals surface area contributed by atoms with Gasteiger partial charge in [-0.05, 0) is 180 Å². The van der Waals surface area contributed by atoms with E-state index < -0.39 is 0 Å². The van der Waals surface area contributed by atoms with Crippen LogP contribution in [0.1, 0.15) is 0 Å². The summed E-state index contributed by atoms with van der Waals surface area (Å²) in [5.74, 6) is 1.55. The van der Waals surface area contributed by atoms with E-state index in [0.717, 1.165) is 84.2 Å². The Hall–Kier alpha value is -15.6. The lowest BCUT2D eigenvalue weighted by atomic mass is 9.94. The third kappa shape index (κ3) is 10.9. The van der Waals surface area contributed by atoms with Gasteiger partial charge in [-0.25, -0.2) is 15.0 Å². The summed E-state index contributed by atoms with van der Waals surface area (Å²) in [5, 5.41) is 14.8. The summed E-state index contributed by atoms with van der Waals surface area (Å²) in [6.45, 7) is 0. The molecule has 540 valence electrons. The summed E-state index contributed by atoms with van der Waals surface area (Å²) in [7, 11) is 0. The number of fused-ring (bicyclic) bond motifs is 6. The van der Waals surface area contributed by atoms with Gasteiger partial charge in [0.25, 0.3) is 0 Å². The predicted octanol–water partition coefficient (Wildman–Crippen LogP) is 28.5. The van der Waals surface area contributed by atoms with Gasteiger partial charge in [-0.1, -0.05) is 315 Å². The summed E-state index contributed by atoms with van der Waals surface area (Å²) in [6.07, 6.45) is 0. The Balaban J connectivity index is 0.000000140. The largest absolute Gasteiger partial charge is 0.309 e. The lowest BCUT2D eigenvalue weighted by Crippen LogP contribution is -2.04. The monoisotopic (exact) mass is 1480 g/mol. The van der Waals surface area contributed by atoms with Crippen molar-refractivity contribution in [2.24, 2.45) is 0 Å². The lowest BCUT2D eigenvalue weighted by molar-refractivity contribution is 0.996. The minimum absolute atomic E-state index is 0.660. The number of aromatic nitrogens is 7. The molecule has 0 spiro atoms. The molecule has 0 aliphatic rings. The number of pyridine rings is 1. The van der Waals surface area contributed by atoms with Gasteiger partial charge >= 0.3 is 0 Å². The second kappa shape index (κ2) is 27.1. The molecule has 6 heterocycles. The Morgan fingerprint density at radius 3 is 0.974 bits per heavy atom. The van der Waals surface area contributed by atoms with Crippen LogP contribution in [-0.2, 0) is 0 Å². The Morgan fingerprint density at radius 1 is 0.164 bits per heavy atom.